The molecule has 28 heavy (non-hydrogen) atoms. The monoisotopic (exact) mass is 412 g/mol. The van der Waals surface area contributed by atoms with Crippen LogP contribution in [0.3, 0.4) is 0 Å². The van der Waals surface area contributed by atoms with E-state index in [1.807, 2.05) is 0 Å². The van der Waals surface area contributed by atoms with Crippen molar-refractivity contribution in [3.05, 3.63) is 40.2 Å². The largest absolute Gasteiger partial charge is 0.423 e. The van der Waals surface area contributed by atoms with Crippen molar-refractivity contribution in [2.45, 2.75) is 25.0 Å². The lowest BCUT2D eigenvalue weighted by atomic mass is 10.1. The third-order valence-corrected chi connectivity index (χ3v) is 4.55. The first-order valence-electron chi connectivity index (χ1n) is 8.26. The first kappa shape index (κ1) is 21.6. The van der Waals surface area contributed by atoms with Gasteiger partial charge in [0.15, 0.2) is 0 Å². The number of carbonyl (C=O) groups excluding carboxylic acids is 2. The van der Waals surface area contributed by atoms with E-state index < -0.39 is 37.4 Å². The molecule has 3 amide bonds. The number of urea groups is 1. The highest BCUT2D eigenvalue weighted by Gasteiger charge is 2.18. The summed E-state index contributed by atoms with van der Waals surface area (Å²) < 4.78 is 16.3. The summed E-state index contributed by atoms with van der Waals surface area (Å²) in [4.78, 5) is 52.7. The molecule has 11 nitrogen and oxygen atoms in total. The molecule has 1 heterocycles. The maximum absolute atomic E-state index is 12.2. The Balaban J connectivity index is 2.11. The van der Waals surface area contributed by atoms with Crippen molar-refractivity contribution in [1.82, 2.24) is 5.32 Å². The van der Waals surface area contributed by atoms with E-state index in [1.54, 1.807) is 0 Å². The van der Waals surface area contributed by atoms with Crippen LogP contribution in [0.15, 0.2) is 33.5 Å². The third kappa shape index (κ3) is 6.46. The van der Waals surface area contributed by atoms with Gasteiger partial charge in [-0.2, -0.15) is 0 Å². The Morgan fingerprint density at radius 2 is 1.96 bits per heavy atom. The van der Waals surface area contributed by atoms with Gasteiger partial charge in [0.1, 0.15) is 5.58 Å². The highest BCUT2D eigenvalue weighted by molar-refractivity contribution is 7.50. The average molecular weight is 412 g/mol. The summed E-state index contributed by atoms with van der Waals surface area (Å²) in [6, 6.07) is 3.90. The van der Waals surface area contributed by atoms with Crippen LogP contribution in [-0.2, 0) is 15.5 Å². The quantitative estimate of drug-likeness (QED) is 0.200. The van der Waals surface area contributed by atoms with Gasteiger partial charge in [0, 0.05) is 29.8 Å². The van der Waals surface area contributed by atoms with Crippen LogP contribution < -0.4 is 27.7 Å². The standard InChI is InChI=1S/C16H21N4O7P/c17-12(2-1-5-19-16(18)23)15(22)20-10-3-4-11-9(8-28(24,25)26)6-14(21)27-13(11)7-10/h3-4,6-7,12H,1-2,5,8,17H2,(H,20,22)(H3,18,19,23)(H2,24,25,26)/t12-/m0/s1. The highest BCUT2D eigenvalue weighted by Crippen LogP contribution is 2.40. The molecule has 0 unspecified atom stereocenters. The van der Waals surface area contributed by atoms with Crippen LogP contribution in [0.5, 0.6) is 0 Å². The number of rotatable bonds is 8. The molecule has 0 aliphatic rings. The molecule has 0 radical (unpaired) electrons. The van der Waals surface area contributed by atoms with Gasteiger partial charge in [-0.1, -0.05) is 0 Å². The van der Waals surface area contributed by atoms with Gasteiger partial charge in [-0.15, -0.1) is 0 Å². The lowest BCUT2D eigenvalue weighted by Gasteiger charge is -2.13. The number of hydrogen-bond acceptors (Lipinski definition) is 6. The summed E-state index contributed by atoms with van der Waals surface area (Å²) in [6.45, 7) is 0.291. The van der Waals surface area contributed by atoms with Gasteiger partial charge in [-0.05, 0) is 30.5 Å². The second kappa shape index (κ2) is 8.98. The molecule has 2 rings (SSSR count). The molecule has 0 aliphatic heterocycles. The summed E-state index contributed by atoms with van der Waals surface area (Å²) in [6.07, 6.45) is 0.155. The molecule has 12 heteroatoms. The van der Waals surface area contributed by atoms with Crippen molar-refractivity contribution in [3.8, 4) is 0 Å². The third-order valence-electron chi connectivity index (χ3n) is 3.80. The van der Waals surface area contributed by atoms with Crippen molar-refractivity contribution in [2.75, 3.05) is 11.9 Å². The van der Waals surface area contributed by atoms with Crippen molar-refractivity contribution in [1.29, 1.82) is 0 Å². The molecule has 8 N–H and O–H groups in total. The number of hydrogen-bond donors (Lipinski definition) is 6. The SMILES string of the molecule is NC(=O)NCCC[C@H](N)C(=O)Nc1ccc2c(CP(=O)(O)O)cc(=O)oc2c1. The van der Waals surface area contributed by atoms with E-state index in [9.17, 15) is 18.9 Å². The van der Waals surface area contributed by atoms with E-state index in [2.05, 4.69) is 10.6 Å². The van der Waals surface area contributed by atoms with Crippen LogP contribution in [0.2, 0.25) is 0 Å². The smallest absolute Gasteiger partial charge is 0.336 e. The fraction of sp³-hybridized carbons (Fsp3) is 0.312. The zero-order valence-electron chi connectivity index (χ0n) is 14.8. The molecule has 1 atom stereocenters. The molecular weight excluding hydrogens is 391 g/mol. The first-order valence-corrected chi connectivity index (χ1v) is 10.1. The van der Waals surface area contributed by atoms with Crippen LogP contribution in [0.1, 0.15) is 18.4 Å². The van der Waals surface area contributed by atoms with E-state index >= 15 is 0 Å². The normalized spacial score (nSPS) is 12.5. The predicted molar refractivity (Wildman–Crippen MR) is 102 cm³/mol. The van der Waals surface area contributed by atoms with Gasteiger partial charge in [0.05, 0.1) is 12.2 Å². The number of anilines is 1. The van der Waals surface area contributed by atoms with Gasteiger partial charge in [0.25, 0.3) is 0 Å². The Bertz CT molecular complexity index is 985. The van der Waals surface area contributed by atoms with E-state index in [0.29, 0.717) is 30.5 Å². The van der Waals surface area contributed by atoms with Crippen LogP contribution in [0, 0.1) is 0 Å². The molecule has 0 saturated carbocycles. The van der Waals surface area contributed by atoms with E-state index in [-0.39, 0.29) is 11.1 Å². The summed E-state index contributed by atoms with van der Waals surface area (Å²) >= 11 is 0. The zero-order valence-corrected chi connectivity index (χ0v) is 15.6. The van der Waals surface area contributed by atoms with Crippen molar-refractivity contribution >= 4 is 36.2 Å². The highest BCUT2D eigenvalue weighted by atomic mass is 31.2. The molecule has 1 aromatic heterocycles. The van der Waals surface area contributed by atoms with Crippen molar-refractivity contribution < 1.29 is 28.4 Å². The second-order valence-electron chi connectivity index (χ2n) is 6.15. The molecule has 0 fully saturated rings. The molecule has 0 spiro atoms. The Kier molecular flexibility index (Phi) is 6.92. The van der Waals surface area contributed by atoms with Crippen molar-refractivity contribution in [3.63, 3.8) is 0 Å². The fourth-order valence-electron chi connectivity index (χ4n) is 2.56. The molecule has 1 aromatic carbocycles. The van der Waals surface area contributed by atoms with Gasteiger partial charge in [-0.25, -0.2) is 9.59 Å². The topological polar surface area (TPSA) is 198 Å². The van der Waals surface area contributed by atoms with Crippen LogP contribution >= 0.6 is 7.60 Å². The van der Waals surface area contributed by atoms with Gasteiger partial charge >= 0.3 is 19.3 Å². The number of nitrogens with two attached hydrogens (primary N) is 2. The number of fused-ring (bicyclic) bond motifs is 1. The number of carbonyl (C=O) groups is 2. The number of primary amides is 1. The fourth-order valence-corrected chi connectivity index (χ4v) is 3.27. The lowest BCUT2D eigenvalue weighted by molar-refractivity contribution is -0.117. The zero-order chi connectivity index (χ0) is 20.9. The Morgan fingerprint density at radius 3 is 2.61 bits per heavy atom. The van der Waals surface area contributed by atoms with E-state index in [4.69, 9.17) is 25.7 Å². The Labute approximate surface area is 159 Å². The van der Waals surface area contributed by atoms with Crippen LogP contribution in [-0.4, -0.2) is 34.3 Å². The van der Waals surface area contributed by atoms with Gasteiger partial charge in [-0.3, -0.25) is 9.36 Å². The van der Waals surface area contributed by atoms with Crippen LogP contribution in [0.4, 0.5) is 10.5 Å². The van der Waals surface area contributed by atoms with Gasteiger partial charge in [0.2, 0.25) is 5.91 Å². The maximum Gasteiger partial charge on any atom is 0.336 e. The maximum atomic E-state index is 12.2. The average Bonchev–Trinajstić information content (AvgIpc) is 2.56. The minimum absolute atomic E-state index is 0.0768. The molecule has 0 bridgehead atoms. The Hall–Kier alpha value is -2.72. The van der Waals surface area contributed by atoms with Gasteiger partial charge < -0.3 is 36.3 Å². The van der Waals surface area contributed by atoms with E-state index in [0.717, 1.165) is 6.07 Å². The second-order valence-corrected chi connectivity index (χ2v) is 7.80. The van der Waals surface area contributed by atoms with Crippen molar-refractivity contribution in [2.24, 2.45) is 11.5 Å². The predicted octanol–water partition coefficient (Wildman–Crippen LogP) is 0.185. The number of amides is 3. The molecular formula is C16H21N4O7P. The summed E-state index contributed by atoms with van der Waals surface area (Å²) in [5, 5.41) is 5.32. The molecule has 0 saturated heterocycles. The summed E-state index contributed by atoms with van der Waals surface area (Å²) in [5.41, 5.74) is 10.5. The first-order chi connectivity index (χ1) is 13.0. The van der Waals surface area contributed by atoms with Crippen LogP contribution in [0.25, 0.3) is 11.0 Å². The lowest BCUT2D eigenvalue weighted by Crippen LogP contribution is -2.37. The molecule has 2 aromatic rings. The molecule has 152 valence electrons. The number of benzene rings is 1. The van der Waals surface area contributed by atoms with E-state index in [1.165, 1.54) is 18.2 Å². The number of nitrogens with one attached hydrogen (secondary N) is 2. The summed E-state index contributed by atoms with van der Waals surface area (Å²) in [5.74, 6) is -0.479. The minimum atomic E-state index is -4.38. The summed E-state index contributed by atoms with van der Waals surface area (Å²) in [7, 11) is -4.38. The minimum Gasteiger partial charge on any atom is -0.423 e. The Morgan fingerprint density at radius 1 is 1.25 bits per heavy atom. The molecule has 0 aliphatic carbocycles.